The third-order valence-corrected chi connectivity index (χ3v) is 3.51. The second kappa shape index (κ2) is 4.17. The molecule has 2 aromatic rings. The summed E-state index contributed by atoms with van der Waals surface area (Å²) < 4.78 is 39.6. The summed E-state index contributed by atoms with van der Waals surface area (Å²) in [5.41, 5.74) is 0.700. The molecule has 0 aromatic carbocycles. The van der Waals surface area contributed by atoms with E-state index in [2.05, 4.69) is 21.0 Å². The van der Waals surface area contributed by atoms with Crippen LogP contribution < -0.4 is 0 Å². The fourth-order valence-electron chi connectivity index (χ4n) is 1.42. The number of rotatable bonds is 1. The average molecular weight is 405 g/mol. The molecule has 2 aromatic heterocycles. The molecule has 0 bridgehead atoms. The Balaban J connectivity index is 2.61. The predicted octanol–water partition coefficient (Wildman–Crippen LogP) is 3.81. The van der Waals surface area contributed by atoms with Gasteiger partial charge < -0.3 is 0 Å². The Labute approximate surface area is 111 Å². The Kier molecular flexibility index (Phi) is 3.17. The van der Waals surface area contributed by atoms with Crippen LogP contribution in [0.15, 0.2) is 22.8 Å². The fourth-order valence-corrected chi connectivity index (χ4v) is 2.53. The van der Waals surface area contributed by atoms with Crippen LogP contribution in [0.5, 0.6) is 0 Å². The summed E-state index contributed by atoms with van der Waals surface area (Å²) in [7, 11) is 0. The summed E-state index contributed by atoms with van der Waals surface area (Å²) in [5.74, 6) is 0. The summed E-state index contributed by atoms with van der Waals surface area (Å²) in [6.07, 6.45) is -5.17. The molecule has 0 amide bonds. The van der Waals surface area contributed by atoms with E-state index in [1.807, 2.05) is 22.6 Å². The quantitative estimate of drug-likeness (QED) is 0.522. The van der Waals surface area contributed by atoms with Gasteiger partial charge in [0.05, 0.1) is 11.9 Å². The lowest BCUT2D eigenvalue weighted by atomic mass is 10.2. The van der Waals surface area contributed by atoms with Crippen molar-refractivity contribution in [2.45, 2.75) is 12.6 Å². The molecule has 0 unspecified atom stereocenters. The molecule has 0 saturated carbocycles. The lowest BCUT2D eigenvalue weighted by Gasteiger charge is -2.05. The first-order valence-corrected chi connectivity index (χ1v) is 6.14. The highest BCUT2D eigenvalue weighted by Gasteiger charge is 2.31. The maximum atomic E-state index is 12.4. The van der Waals surface area contributed by atoms with Gasteiger partial charge in [0.25, 0.3) is 0 Å². The fraction of sp³-hybridized carbons (Fsp3) is 0.222. The van der Waals surface area contributed by atoms with E-state index in [1.54, 1.807) is 18.2 Å². The van der Waals surface area contributed by atoms with Gasteiger partial charge in [-0.05, 0) is 50.7 Å². The molecule has 7 heteroatoms. The Morgan fingerprint density at radius 2 is 2.06 bits per heavy atom. The zero-order valence-corrected chi connectivity index (χ0v) is 11.5. The first-order chi connectivity index (χ1) is 7.38. The normalized spacial score (nSPS) is 12.3. The Bertz CT molecular complexity index is 535. The van der Waals surface area contributed by atoms with Crippen LogP contribution in [0.2, 0.25) is 0 Å². The lowest BCUT2D eigenvalue weighted by molar-refractivity contribution is -0.127. The van der Waals surface area contributed by atoms with Gasteiger partial charge in [-0.1, -0.05) is 6.07 Å². The van der Waals surface area contributed by atoms with E-state index in [0.717, 1.165) is 0 Å². The molecule has 0 aliphatic carbocycles. The summed E-state index contributed by atoms with van der Waals surface area (Å²) in [6.45, 7) is 0. The Hall–Kier alpha value is -0.310. The molecule has 0 radical (unpaired) electrons. The lowest BCUT2D eigenvalue weighted by Crippen LogP contribution is -2.12. The number of alkyl halides is 3. The van der Waals surface area contributed by atoms with Gasteiger partial charge in [0.1, 0.15) is 8.30 Å². The summed E-state index contributed by atoms with van der Waals surface area (Å²) in [6, 6.07) is 5.05. The molecular formula is C9H5BrF3IN2. The van der Waals surface area contributed by atoms with Crippen LogP contribution in [0.1, 0.15) is 5.56 Å². The highest BCUT2D eigenvalue weighted by Crippen LogP contribution is 2.28. The van der Waals surface area contributed by atoms with Crippen LogP contribution in [0.4, 0.5) is 13.2 Å². The van der Waals surface area contributed by atoms with E-state index in [-0.39, 0.29) is 5.56 Å². The largest absolute Gasteiger partial charge is 0.393 e. The summed E-state index contributed by atoms with van der Waals surface area (Å²) in [4.78, 5) is 0. The maximum Gasteiger partial charge on any atom is 0.393 e. The van der Waals surface area contributed by atoms with Gasteiger partial charge in [-0.3, -0.25) is 0 Å². The molecular weight excluding hydrogens is 400 g/mol. The van der Waals surface area contributed by atoms with E-state index in [0.29, 0.717) is 13.8 Å². The monoisotopic (exact) mass is 404 g/mol. The number of hydrogen-bond acceptors (Lipinski definition) is 1. The van der Waals surface area contributed by atoms with Crippen molar-refractivity contribution in [3.63, 3.8) is 0 Å². The van der Waals surface area contributed by atoms with Gasteiger partial charge in [-0.15, -0.1) is 0 Å². The molecule has 16 heavy (non-hydrogen) atoms. The molecule has 2 rings (SSSR count). The van der Waals surface area contributed by atoms with Crippen molar-refractivity contribution in [3.05, 3.63) is 32.1 Å². The first kappa shape index (κ1) is 12.2. The highest BCUT2D eigenvalue weighted by molar-refractivity contribution is 14.1. The number of aromatic nitrogens is 2. The standard InChI is InChI=1S/C9H5BrF3IN2/c10-7-3-1-2-6-5(4-9(11,12)13)8(14)15-16(6)7/h1-3H,4H2. The van der Waals surface area contributed by atoms with Crippen LogP contribution in [0.25, 0.3) is 5.52 Å². The summed E-state index contributed by atoms with van der Waals surface area (Å²) in [5, 5.41) is 4.05. The van der Waals surface area contributed by atoms with Crippen LogP contribution >= 0.6 is 38.5 Å². The second-order valence-corrected chi connectivity index (χ2v) is 5.04. The first-order valence-electron chi connectivity index (χ1n) is 4.27. The molecule has 2 heterocycles. The highest BCUT2D eigenvalue weighted by atomic mass is 127. The van der Waals surface area contributed by atoms with E-state index in [9.17, 15) is 13.2 Å². The number of halogens is 5. The smallest absolute Gasteiger partial charge is 0.225 e. The topological polar surface area (TPSA) is 17.3 Å². The van der Waals surface area contributed by atoms with Crippen molar-refractivity contribution in [1.82, 2.24) is 9.61 Å². The second-order valence-electron chi connectivity index (χ2n) is 3.21. The number of hydrogen-bond donors (Lipinski definition) is 0. The molecule has 0 spiro atoms. The molecule has 0 aliphatic heterocycles. The third kappa shape index (κ3) is 2.34. The number of pyridine rings is 1. The number of fused-ring (bicyclic) bond motifs is 1. The van der Waals surface area contributed by atoms with Crippen molar-refractivity contribution in [1.29, 1.82) is 0 Å². The molecule has 2 nitrogen and oxygen atoms in total. The van der Waals surface area contributed by atoms with E-state index < -0.39 is 12.6 Å². The van der Waals surface area contributed by atoms with Crippen molar-refractivity contribution in [2.75, 3.05) is 0 Å². The maximum absolute atomic E-state index is 12.4. The summed E-state index contributed by atoms with van der Waals surface area (Å²) >= 11 is 5.06. The molecule has 86 valence electrons. The molecule has 0 aliphatic rings. The van der Waals surface area contributed by atoms with Gasteiger partial charge >= 0.3 is 6.18 Å². The Morgan fingerprint density at radius 3 is 2.69 bits per heavy atom. The van der Waals surface area contributed by atoms with Crippen molar-refractivity contribution >= 4 is 44.0 Å². The van der Waals surface area contributed by atoms with Gasteiger partial charge in [0, 0.05) is 5.56 Å². The van der Waals surface area contributed by atoms with Crippen LogP contribution in [-0.2, 0) is 6.42 Å². The zero-order valence-electron chi connectivity index (χ0n) is 7.72. The van der Waals surface area contributed by atoms with E-state index in [1.165, 1.54) is 4.52 Å². The average Bonchev–Trinajstić information content (AvgIpc) is 2.44. The number of nitrogens with zero attached hydrogens (tertiary/aromatic N) is 2. The van der Waals surface area contributed by atoms with Crippen LogP contribution in [-0.4, -0.2) is 15.8 Å². The van der Waals surface area contributed by atoms with Gasteiger partial charge in [0.15, 0.2) is 0 Å². The molecule has 0 atom stereocenters. The van der Waals surface area contributed by atoms with E-state index in [4.69, 9.17) is 0 Å². The van der Waals surface area contributed by atoms with Gasteiger partial charge in [0.2, 0.25) is 0 Å². The van der Waals surface area contributed by atoms with Crippen molar-refractivity contribution in [3.8, 4) is 0 Å². The zero-order chi connectivity index (χ0) is 11.9. The van der Waals surface area contributed by atoms with Crippen LogP contribution in [0.3, 0.4) is 0 Å². The molecule has 0 N–H and O–H groups in total. The molecule has 0 saturated heterocycles. The predicted molar refractivity (Wildman–Crippen MR) is 65.4 cm³/mol. The van der Waals surface area contributed by atoms with Crippen molar-refractivity contribution in [2.24, 2.45) is 0 Å². The minimum atomic E-state index is -4.22. The van der Waals surface area contributed by atoms with E-state index >= 15 is 0 Å². The SMILES string of the molecule is FC(F)(F)Cc1c(I)nn2c(Br)cccc12. The van der Waals surface area contributed by atoms with Crippen LogP contribution in [0, 0.1) is 3.70 Å². The third-order valence-electron chi connectivity index (χ3n) is 2.04. The molecule has 0 fully saturated rings. The Morgan fingerprint density at radius 1 is 1.38 bits per heavy atom. The van der Waals surface area contributed by atoms with Gasteiger partial charge in [-0.2, -0.15) is 18.3 Å². The van der Waals surface area contributed by atoms with Gasteiger partial charge in [-0.25, -0.2) is 4.52 Å². The minimum Gasteiger partial charge on any atom is -0.225 e. The van der Waals surface area contributed by atoms with Crippen molar-refractivity contribution < 1.29 is 13.2 Å². The minimum absolute atomic E-state index is 0.217.